The zero-order chi connectivity index (χ0) is 8.27. The Bertz CT molecular complexity index is 229. The maximum Gasteiger partial charge on any atom is 0.0585 e. The molecule has 1 aromatic heterocycles. The first-order valence-electron chi connectivity index (χ1n) is 3.56. The number of nitrogens with two attached hydrogens (primary N) is 1. The van der Waals surface area contributed by atoms with Gasteiger partial charge in [-0.05, 0) is 12.0 Å². The van der Waals surface area contributed by atoms with Crippen molar-refractivity contribution in [3.8, 4) is 0 Å². The van der Waals surface area contributed by atoms with Crippen molar-refractivity contribution in [3.05, 3.63) is 18.0 Å². The maximum atomic E-state index is 8.65. The molecule has 1 aromatic rings. The van der Waals surface area contributed by atoms with E-state index in [9.17, 15) is 0 Å². The lowest BCUT2D eigenvalue weighted by Crippen LogP contribution is -2.26. The summed E-state index contributed by atoms with van der Waals surface area (Å²) in [5.41, 5.74) is 6.59. The highest BCUT2D eigenvalue weighted by Crippen LogP contribution is 1.99. The monoisotopic (exact) mass is 227 g/mol. The zero-order valence-corrected chi connectivity index (χ0v) is 9.01. The number of aliphatic hydroxyl groups excluding tert-OH is 1. The van der Waals surface area contributed by atoms with Crippen LogP contribution in [0.15, 0.2) is 12.4 Å². The summed E-state index contributed by atoms with van der Waals surface area (Å²) < 4.78 is 1.72. The van der Waals surface area contributed by atoms with Crippen LogP contribution < -0.4 is 5.73 Å². The van der Waals surface area contributed by atoms with Crippen LogP contribution >= 0.6 is 24.8 Å². The van der Waals surface area contributed by atoms with Gasteiger partial charge in [0.15, 0.2) is 0 Å². The van der Waals surface area contributed by atoms with Crippen molar-refractivity contribution < 1.29 is 5.11 Å². The van der Waals surface area contributed by atoms with Crippen LogP contribution in [0.3, 0.4) is 0 Å². The molecule has 13 heavy (non-hydrogen) atoms. The van der Waals surface area contributed by atoms with Crippen molar-refractivity contribution in [2.75, 3.05) is 6.61 Å². The van der Waals surface area contributed by atoms with Gasteiger partial charge in [0.05, 0.1) is 12.8 Å². The van der Waals surface area contributed by atoms with Crippen LogP contribution in [0.1, 0.15) is 5.56 Å². The summed E-state index contributed by atoms with van der Waals surface area (Å²) in [4.78, 5) is 0. The van der Waals surface area contributed by atoms with E-state index in [2.05, 4.69) is 5.10 Å². The third-order valence-corrected chi connectivity index (χ3v) is 1.49. The summed E-state index contributed by atoms with van der Waals surface area (Å²) in [6.07, 6.45) is 4.34. The van der Waals surface area contributed by atoms with E-state index in [1.165, 1.54) is 0 Å². The highest BCUT2D eigenvalue weighted by molar-refractivity contribution is 5.85. The van der Waals surface area contributed by atoms with Crippen LogP contribution in [-0.4, -0.2) is 27.5 Å². The minimum atomic E-state index is -0.167. The maximum absolute atomic E-state index is 8.65. The van der Waals surface area contributed by atoms with Crippen molar-refractivity contribution in [3.63, 3.8) is 0 Å². The zero-order valence-electron chi connectivity index (χ0n) is 7.38. The van der Waals surface area contributed by atoms with Gasteiger partial charge in [-0.15, -0.1) is 24.8 Å². The third kappa shape index (κ3) is 5.10. The Kier molecular flexibility index (Phi) is 8.35. The first-order chi connectivity index (χ1) is 5.22. The van der Waals surface area contributed by atoms with Crippen LogP contribution in [0.2, 0.25) is 0 Å². The van der Waals surface area contributed by atoms with Gasteiger partial charge in [0.25, 0.3) is 0 Å². The minimum absolute atomic E-state index is 0. The minimum Gasteiger partial charge on any atom is -0.395 e. The molecule has 0 fully saturated rings. The van der Waals surface area contributed by atoms with Crippen LogP contribution in [0, 0.1) is 0 Å². The molecule has 0 spiro atoms. The fraction of sp³-hybridized carbons (Fsp3) is 0.571. The molecule has 6 heteroatoms. The van der Waals surface area contributed by atoms with Gasteiger partial charge in [-0.25, -0.2) is 0 Å². The Morgan fingerprint density at radius 1 is 1.62 bits per heavy atom. The lowest BCUT2D eigenvalue weighted by molar-refractivity contribution is 0.265. The standard InChI is InChI=1S/C7H13N3O.2ClH/c1-10-4-6(3-9-10)2-7(8)5-11;;/h3-4,7,11H,2,5,8H2,1H3;2*1H. The Labute approximate surface area is 89.9 Å². The highest BCUT2D eigenvalue weighted by atomic mass is 35.5. The van der Waals surface area contributed by atoms with E-state index in [0.29, 0.717) is 6.42 Å². The molecule has 0 radical (unpaired) electrons. The number of aryl methyl sites for hydroxylation is 1. The number of aliphatic hydroxyl groups is 1. The van der Waals surface area contributed by atoms with Gasteiger partial charge < -0.3 is 10.8 Å². The van der Waals surface area contributed by atoms with Crippen LogP contribution in [0.5, 0.6) is 0 Å². The molecule has 0 saturated heterocycles. The quantitative estimate of drug-likeness (QED) is 0.772. The first kappa shape index (κ1) is 15.2. The number of aromatic nitrogens is 2. The fourth-order valence-electron chi connectivity index (χ4n) is 0.945. The van der Waals surface area contributed by atoms with Crippen molar-refractivity contribution in [1.29, 1.82) is 0 Å². The van der Waals surface area contributed by atoms with E-state index in [1.54, 1.807) is 10.9 Å². The predicted molar refractivity (Wildman–Crippen MR) is 56.5 cm³/mol. The van der Waals surface area contributed by atoms with E-state index in [-0.39, 0.29) is 37.5 Å². The average Bonchev–Trinajstić information content (AvgIpc) is 2.35. The Balaban J connectivity index is 0. The molecular formula is C7H15Cl2N3O. The third-order valence-electron chi connectivity index (χ3n) is 1.49. The fourth-order valence-corrected chi connectivity index (χ4v) is 0.945. The Morgan fingerprint density at radius 3 is 2.62 bits per heavy atom. The van der Waals surface area contributed by atoms with Gasteiger partial charge in [0, 0.05) is 19.3 Å². The topological polar surface area (TPSA) is 64.1 Å². The van der Waals surface area contributed by atoms with Crippen LogP contribution in [-0.2, 0) is 13.5 Å². The molecule has 0 aromatic carbocycles. The molecule has 1 atom stereocenters. The number of hydrogen-bond acceptors (Lipinski definition) is 3. The lowest BCUT2D eigenvalue weighted by Gasteiger charge is -2.03. The lowest BCUT2D eigenvalue weighted by atomic mass is 10.1. The van der Waals surface area contributed by atoms with E-state index in [1.807, 2.05) is 13.2 Å². The second-order valence-corrected chi connectivity index (χ2v) is 2.67. The summed E-state index contributed by atoms with van der Waals surface area (Å²) in [6, 6.07) is -0.167. The van der Waals surface area contributed by atoms with Gasteiger partial charge in [0.2, 0.25) is 0 Å². The molecule has 1 rings (SSSR count). The number of halogens is 2. The van der Waals surface area contributed by atoms with Gasteiger partial charge in [-0.1, -0.05) is 0 Å². The second-order valence-electron chi connectivity index (χ2n) is 2.67. The molecule has 0 amide bonds. The summed E-state index contributed by atoms with van der Waals surface area (Å²) in [6.45, 7) is 0.0227. The van der Waals surface area contributed by atoms with Crippen molar-refractivity contribution in [2.45, 2.75) is 12.5 Å². The molecule has 1 heterocycles. The van der Waals surface area contributed by atoms with Crippen LogP contribution in [0.25, 0.3) is 0 Å². The Morgan fingerprint density at radius 2 is 2.23 bits per heavy atom. The molecule has 3 N–H and O–H groups in total. The molecular weight excluding hydrogens is 213 g/mol. The van der Waals surface area contributed by atoms with E-state index < -0.39 is 0 Å². The summed E-state index contributed by atoms with van der Waals surface area (Å²) in [7, 11) is 1.86. The summed E-state index contributed by atoms with van der Waals surface area (Å²) >= 11 is 0. The van der Waals surface area contributed by atoms with E-state index in [4.69, 9.17) is 10.8 Å². The second kappa shape index (κ2) is 7.15. The molecule has 0 aliphatic heterocycles. The van der Waals surface area contributed by atoms with E-state index in [0.717, 1.165) is 5.56 Å². The highest BCUT2D eigenvalue weighted by Gasteiger charge is 2.02. The first-order valence-corrected chi connectivity index (χ1v) is 3.56. The van der Waals surface area contributed by atoms with Gasteiger partial charge in [-0.2, -0.15) is 5.10 Å². The molecule has 0 aliphatic carbocycles. The predicted octanol–water partition coefficient (Wildman–Crippen LogP) is 0.126. The molecule has 1 unspecified atom stereocenters. The number of rotatable bonds is 3. The van der Waals surface area contributed by atoms with Crippen LogP contribution in [0.4, 0.5) is 0 Å². The largest absolute Gasteiger partial charge is 0.395 e. The van der Waals surface area contributed by atoms with Gasteiger partial charge >= 0.3 is 0 Å². The SMILES string of the molecule is Cl.Cl.Cn1cc(CC(N)CO)cn1. The van der Waals surface area contributed by atoms with Gasteiger partial charge in [0.1, 0.15) is 0 Å². The molecule has 4 nitrogen and oxygen atoms in total. The van der Waals surface area contributed by atoms with Crippen molar-refractivity contribution in [2.24, 2.45) is 12.8 Å². The smallest absolute Gasteiger partial charge is 0.0585 e. The average molecular weight is 228 g/mol. The molecule has 0 bridgehead atoms. The van der Waals surface area contributed by atoms with Gasteiger partial charge in [-0.3, -0.25) is 4.68 Å². The number of hydrogen-bond donors (Lipinski definition) is 2. The Hall–Kier alpha value is -0.290. The molecule has 78 valence electrons. The summed E-state index contributed by atoms with van der Waals surface area (Å²) in [5.74, 6) is 0. The van der Waals surface area contributed by atoms with E-state index >= 15 is 0 Å². The van der Waals surface area contributed by atoms with Crippen molar-refractivity contribution in [1.82, 2.24) is 9.78 Å². The summed E-state index contributed by atoms with van der Waals surface area (Å²) in [5, 5.41) is 12.6. The molecule has 0 aliphatic rings. The van der Waals surface area contributed by atoms with Crippen molar-refractivity contribution >= 4 is 24.8 Å². The molecule has 0 saturated carbocycles. The normalized spacial score (nSPS) is 11.3. The number of nitrogens with zero attached hydrogens (tertiary/aromatic N) is 2.